The Morgan fingerprint density at radius 3 is 2.43 bits per heavy atom. The van der Waals surface area contributed by atoms with Crippen molar-refractivity contribution in [3.05, 3.63) is 46.0 Å². The number of hydrogen-bond donors (Lipinski definition) is 0. The first-order valence-corrected chi connectivity index (χ1v) is 9.70. The lowest BCUT2D eigenvalue weighted by molar-refractivity contribution is -0.384. The highest BCUT2D eigenvalue weighted by Gasteiger charge is 2.64. The molecule has 0 bridgehead atoms. The number of hydrogen-bond acceptors (Lipinski definition) is 7. The van der Waals surface area contributed by atoms with Crippen molar-refractivity contribution >= 4 is 35.2 Å². The molecular formula is C21H22N4O5. The fourth-order valence-corrected chi connectivity index (χ4v) is 4.52. The van der Waals surface area contributed by atoms with Gasteiger partial charge in [-0.1, -0.05) is 26.8 Å². The number of carbonyl (C=O) groups excluding carboxylic acids is 3. The van der Waals surface area contributed by atoms with Gasteiger partial charge in [-0.05, 0) is 24.6 Å². The molecule has 0 radical (unpaired) electrons. The predicted octanol–water partition coefficient (Wildman–Crippen LogP) is 2.23. The maximum absolute atomic E-state index is 13.5. The number of Topliss-reactive ketones (excluding diaryl/α,β-unsaturated/α-hetero) is 1. The lowest BCUT2D eigenvalue weighted by Gasteiger charge is -2.33. The van der Waals surface area contributed by atoms with Crippen molar-refractivity contribution in [2.24, 2.45) is 22.4 Å². The number of hydrazone groups is 1. The van der Waals surface area contributed by atoms with Gasteiger partial charge in [0.2, 0.25) is 11.8 Å². The molecule has 9 heteroatoms. The van der Waals surface area contributed by atoms with Gasteiger partial charge in [0, 0.05) is 23.8 Å². The highest BCUT2D eigenvalue weighted by atomic mass is 16.6. The number of rotatable bonds is 3. The molecule has 0 N–H and O–H groups in total. The summed E-state index contributed by atoms with van der Waals surface area (Å²) >= 11 is 0. The van der Waals surface area contributed by atoms with E-state index in [-0.39, 0.29) is 11.5 Å². The summed E-state index contributed by atoms with van der Waals surface area (Å²) in [6.07, 6.45) is 5.05. The van der Waals surface area contributed by atoms with E-state index in [1.165, 1.54) is 18.2 Å². The summed E-state index contributed by atoms with van der Waals surface area (Å²) < 4.78 is 0. The maximum atomic E-state index is 13.5. The van der Waals surface area contributed by atoms with E-state index in [1.54, 1.807) is 51.1 Å². The second kappa shape index (κ2) is 6.58. The number of benzene rings is 1. The fourth-order valence-electron chi connectivity index (χ4n) is 4.52. The number of carbonyl (C=O) groups is 3. The molecule has 1 aromatic rings. The van der Waals surface area contributed by atoms with Gasteiger partial charge in [-0.2, -0.15) is 5.10 Å². The standard InChI is InChI=1S/C21H22N4O5/c1-11-10-12(25(29)30)7-8-13(11)23-19(27)15-14-6-5-9-22-24(14)17(16(15)20(23)28)18(26)21(2,3)4/h5-10,14-17H,1-4H3/t14-,15-,16+,17-/m0/s1. The quantitative estimate of drug-likeness (QED) is 0.429. The molecule has 3 heterocycles. The normalized spacial score (nSPS) is 27.5. The third-order valence-electron chi connectivity index (χ3n) is 5.93. The van der Waals surface area contributed by atoms with Gasteiger partial charge >= 0.3 is 0 Å². The Morgan fingerprint density at radius 1 is 1.17 bits per heavy atom. The van der Waals surface area contributed by atoms with Gasteiger partial charge in [-0.3, -0.25) is 29.5 Å². The molecule has 1 aromatic carbocycles. The molecule has 9 nitrogen and oxygen atoms in total. The van der Waals surface area contributed by atoms with Crippen molar-refractivity contribution in [2.45, 2.75) is 39.8 Å². The molecule has 3 aliphatic rings. The lowest BCUT2D eigenvalue weighted by Crippen LogP contribution is -2.49. The molecule has 4 atom stereocenters. The zero-order valence-electron chi connectivity index (χ0n) is 17.1. The van der Waals surface area contributed by atoms with Gasteiger partial charge in [0.15, 0.2) is 5.78 Å². The summed E-state index contributed by atoms with van der Waals surface area (Å²) in [4.78, 5) is 51.7. The van der Waals surface area contributed by atoms with Crippen LogP contribution >= 0.6 is 0 Å². The number of fused-ring (bicyclic) bond motifs is 3. The van der Waals surface area contributed by atoms with Crippen molar-refractivity contribution in [1.82, 2.24) is 5.01 Å². The number of ketones is 1. The predicted molar refractivity (Wildman–Crippen MR) is 109 cm³/mol. The second-order valence-electron chi connectivity index (χ2n) is 8.87. The largest absolute Gasteiger partial charge is 0.297 e. The molecular weight excluding hydrogens is 388 g/mol. The monoisotopic (exact) mass is 410 g/mol. The SMILES string of the molecule is Cc1cc([N+](=O)[O-])ccc1N1C(=O)[C@@H]2[C@@H](C1=O)[C@@H]1C=CC=NN1[C@@H]2C(=O)C(C)(C)C. The zero-order chi connectivity index (χ0) is 22.0. The number of nitro groups is 1. The zero-order valence-corrected chi connectivity index (χ0v) is 17.1. The van der Waals surface area contributed by atoms with Crippen LogP contribution in [0, 0.1) is 34.3 Å². The van der Waals surface area contributed by atoms with Crippen LogP contribution < -0.4 is 4.90 Å². The minimum atomic E-state index is -0.858. The fraction of sp³-hybridized carbons (Fsp3) is 0.429. The van der Waals surface area contributed by atoms with Crippen LogP contribution in [0.25, 0.3) is 0 Å². The molecule has 0 saturated carbocycles. The molecule has 30 heavy (non-hydrogen) atoms. The number of nitro benzene ring substituents is 1. The number of amides is 2. The number of allylic oxidation sites excluding steroid dienone is 1. The van der Waals surface area contributed by atoms with Crippen molar-refractivity contribution in [1.29, 1.82) is 0 Å². The number of imide groups is 1. The highest BCUT2D eigenvalue weighted by molar-refractivity contribution is 6.24. The molecule has 3 aliphatic heterocycles. The molecule has 0 aliphatic carbocycles. The Balaban J connectivity index is 1.79. The molecule has 0 spiro atoms. The van der Waals surface area contributed by atoms with Crippen LogP contribution in [-0.4, -0.2) is 45.8 Å². The average molecular weight is 410 g/mol. The Morgan fingerprint density at radius 2 is 1.83 bits per heavy atom. The molecule has 4 rings (SSSR count). The van der Waals surface area contributed by atoms with Crippen molar-refractivity contribution in [3.63, 3.8) is 0 Å². The van der Waals surface area contributed by atoms with Crippen molar-refractivity contribution < 1.29 is 19.3 Å². The van der Waals surface area contributed by atoms with Crippen LogP contribution in [0.5, 0.6) is 0 Å². The maximum Gasteiger partial charge on any atom is 0.269 e. The molecule has 0 aromatic heterocycles. The summed E-state index contributed by atoms with van der Waals surface area (Å²) in [5.41, 5.74) is -0.0895. The third kappa shape index (κ3) is 2.76. The van der Waals surface area contributed by atoms with Crippen LogP contribution in [-0.2, 0) is 14.4 Å². The molecule has 2 saturated heterocycles. The van der Waals surface area contributed by atoms with E-state index in [0.29, 0.717) is 11.3 Å². The van der Waals surface area contributed by atoms with Crippen LogP contribution in [0.3, 0.4) is 0 Å². The van der Waals surface area contributed by atoms with Gasteiger partial charge in [0.25, 0.3) is 5.69 Å². The summed E-state index contributed by atoms with van der Waals surface area (Å²) in [6, 6.07) is 2.68. The molecule has 2 fully saturated rings. The van der Waals surface area contributed by atoms with Gasteiger partial charge in [-0.15, -0.1) is 0 Å². The topological polar surface area (TPSA) is 113 Å². The van der Waals surface area contributed by atoms with Crippen molar-refractivity contribution in [3.8, 4) is 0 Å². The number of anilines is 1. The van der Waals surface area contributed by atoms with Crippen LogP contribution in [0.2, 0.25) is 0 Å². The highest BCUT2D eigenvalue weighted by Crippen LogP contribution is 2.47. The van der Waals surface area contributed by atoms with E-state index in [1.807, 2.05) is 0 Å². The van der Waals surface area contributed by atoms with Crippen LogP contribution in [0.4, 0.5) is 11.4 Å². The molecule has 0 unspecified atom stereocenters. The summed E-state index contributed by atoms with van der Waals surface area (Å²) in [5, 5.41) is 16.9. The number of aryl methyl sites for hydroxylation is 1. The van der Waals surface area contributed by atoms with E-state index < -0.39 is 46.1 Å². The van der Waals surface area contributed by atoms with E-state index in [0.717, 1.165) is 4.90 Å². The Kier molecular flexibility index (Phi) is 4.37. The van der Waals surface area contributed by atoms with E-state index in [2.05, 4.69) is 5.10 Å². The average Bonchev–Trinajstić information content (AvgIpc) is 3.14. The van der Waals surface area contributed by atoms with Gasteiger partial charge < -0.3 is 0 Å². The van der Waals surface area contributed by atoms with Crippen molar-refractivity contribution in [2.75, 3.05) is 4.90 Å². The number of non-ortho nitro benzene ring substituents is 1. The first-order valence-electron chi connectivity index (χ1n) is 9.70. The first-order chi connectivity index (χ1) is 14.0. The minimum absolute atomic E-state index is 0.118. The van der Waals surface area contributed by atoms with Crippen LogP contribution in [0.15, 0.2) is 35.5 Å². The summed E-state index contributed by atoms with van der Waals surface area (Å²) in [7, 11) is 0. The smallest absolute Gasteiger partial charge is 0.269 e. The van der Waals surface area contributed by atoms with Gasteiger partial charge in [-0.25, -0.2) is 4.90 Å². The summed E-state index contributed by atoms with van der Waals surface area (Å²) in [5.74, 6) is -2.64. The van der Waals surface area contributed by atoms with Gasteiger partial charge in [0.1, 0.15) is 6.04 Å². The Labute approximate surface area is 173 Å². The third-order valence-corrected chi connectivity index (χ3v) is 5.93. The van der Waals surface area contributed by atoms with Gasteiger partial charge in [0.05, 0.1) is 28.5 Å². The first kappa shape index (κ1) is 19.9. The number of nitrogens with zero attached hydrogens (tertiary/aromatic N) is 4. The van der Waals surface area contributed by atoms with E-state index in [9.17, 15) is 24.5 Å². The van der Waals surface area contributed by atoms with Crippen LogP contribution in [0.1, 0.15) is 26.3 Å². The Bertz CT molecular complexity index is 1040. The second-order valence-corrected chi connectivity index (χ2v) is 8.87. The van der Waals surface area contributed by atoms with E-state index in [4.69, 9.17) is 0 Å². The lowest BCUT2D eigenvalue weighted by atomic mass is 9.80. The summed E-state index contributed by atoms with van der Waals surface area (Å²) in [6.45, 7) is 6.95. The van der Waals surface area contributed by atoms with E-state index >= 15 is 0 Å². The molecule has 2 amide bonds. The minimum Gasteiger partial charge on any atom is -0.297 e. The Hall–Kier alpha value is -3.36. The molecule has 156 valence electrons.